The first kappa shape index (κ1) is 14.9. The van der Waals surface area contributed by atoms with Crippen molar-refractivity contribution >= 4 is 11.7 Å². The van der Waals surface area contributed by atoms with E-state index in [0.29, 0.717) is 13.1 Å². The lowest BCUT2D eigenvalue weighted by Gasteiger charge is -2.18. The van der Waals surface area contributed by atoms with Crippen molar-refractivity contribution in [3.05, 3.63) is 53.7 Å². The Morgan fingerprint density at radius 3 is 2.67 bits per heavy atom. The molecule has 0 spiro atoms. The molecule has 2 aromatic heterocycles. The van der Waals surface area contributed by atoms with Gasteiger partial charge in [0.2, 0.25) is 0 Å². The van der Waals surface area contributed by atoms with Crippen LogP contribution in [0, 0.1) is 5.82 Å². The van der Waals surface area contributed by atoms with Crippen LogP contribution in [-0.4, -0.2) is 34.4 Å². The maximum Gasteiger partial charge on any atom is 0.257 e. The maximum absolute atomic E-state index is 14.2. The molecule has 5 nitrogen and oxygen atoms in total. The Morgan fingerprint density at radius 2 is 2.00 bits per heavy atom. The summed E-state index contributed by atoms with van der Waals surface area (Å²) in [6.07, 6.45) is 4.74. The zero-order valence-corrected chi connectivity index (χ0v) is 12.0. The van der Waals surface area contributed by atoms with Crippen molar-refractivity contribution in [2.24, 2.45) is 0 Å². The van der Waals surface area contributed by atoms with Gasteiger partial charge in [0.15, 0.2) is 11.6 Å². The number of halogens is 1. The minimum Gasteiger partial charge on any atom is -0.368 e. The number of nitrogens with one attached hydrogen (secondary N) is 1. The van der Waals surface area contributed by atoms with Gasteiger partial charge < -0.3 is 10.2 Å². The summed E-state index contributed by atoms with van der Waals surface area (Å²) in [4.78, 5) is 21.6. The van der Waals surface area contributed by atoms with E-state index >= 15 is 0 Å². The van der Waals surface area contributed by atoms with Crippen molar-refractivity contribution in [2.75, 3.05) is 18.9 Å². The number of hydrogen-bond acceptors (Lipinski definition) is 4. The standard InChI is InChI=1S/C15H17FN4O/c1-3-18-14-13(16)12(6-9-19-14)15(21)20(2)10-11-4-7-17-8-5-11/h4-9H,3,10H2,1-2H3,(H,18,19). The molecule has 110 valence electrons. The molecular formula is C15H17FN4O. The van der Waals surface area contributed by atoms with E-state index in [4.69, 9.17) is 0 Å². The summed E-state index contributed by atoms with van der Waals surface area (Å²) in [5.41, 5.74) is 0.944. The van der Waals surface area contributed by atoms with Crippen molar-refractivity contribution in [2.45, 2.75) is 13.5 Å². The van der Waals surface area contributed by atoms with Crippen LogP contribution in [0.5, 0.6) is 0 Å². The van der Waals surface area contributed by atoms with Crippen molar-refractivity contribution in [1.29, 1.82) is 0 Å². The van der Waals surface area contributed by atoms with Gasteiger partial charge in [-0.15, -0.1) is 0 Å². The van der Waals surface area contributed by atoms with Crippen LogP contribution in [0.3, 0.4) is 0 Å². The summed E-state index contributed by atoms with van der Waals surface area (Å²) >= 11 is 0. The van der Waals surface area contributed by atoms with Crippen LogP contribution in [0.4, 0.5) is 10.2 Å². The third kappa shape index (κ3) is 3.53. The van der Waals surface area contributed by atoms with Crippen LogP contribution >= 0.6 is 0 Å². The van der Waals surface area contributed by atoms with E-state index < -0.39 is 5.82 Å². The van der Waals surface area contributed by atoms with E-state index in [-0.39, 0.29) is 17.3 Å². The smallest absolute Gasteiger partial charge is 0.257 e. The molecule has 1 N–H and O–H groups in total. The average molecular weight is 288 g/mol. The Morgan fingerprint density at radius 1 is 1.29 bits per heavy atom. The zero-order chi connectivity index (χ0) is 15.2. The summed E-state index contributed by atoms with van der Waals surface area (Å²) in [5.74, 6) is -0.905. The lowest BCUT2D eigenvalue weighted by Crippen LogP contribution is -2.27. The van der Waals surface area contributed by atoms with Gasteiger partial charge >= 0.3 is 0 Å². The number of carbonyl (C=O) groups excluding carboxylic acids is 1. The fourth-order valence-corrected chi connectivity index (χ4v) is 1.94. The summed E-state index contributed by atoms with van der Waals surface area (Å²) in [5, 5.41) is 2.79. The molecule has 0 saturated carbocycles. The Kier molecular flexibility index (Phi) is 4.81. The number of hydrogen-bond donors (Lipinski definition) is 1. The molecule has 0 aliphatic rings. The van der Waals surface area contributed by atoms with Crippen LogP contribution in [0.2, 0.25) is 0 Å². The van der Waals surface area contributed by atoms with Gasteiger partial charge in [-0.25, -0.2) is 9.37 Å². The van der Waals surface area contributed by atoms with Crippen LogP contribution < -0.4 is 5.32 Å². The number of anilines is 1. The van der Waals surface area contributed by atoms with E-state index in [1.807, 2.05) is 19.1 Å². The van der Waals surface area contributed by atoms with Gasteiger partial charge in [0.05, 0.1) is 5.56 Å². The molecule has 2 heterocycles. The highest BCUT2D eigenvalue weighted by Crippen LogP contribution is 2.17. The van der Waals surface area contributed by atoms with Crippen LogP contribution in [0.15, 0.2) is 36.8 Å². The highest BCUT2D eigenvalue weighted by molar-refractivity contribution is 5.95. The van der Waals surface area contributed by atoms with Crippen molar-refractivity contribution in [3.63, 3.8) is 0 Å². The Hall–Kier alpha value is -2.50. The SMILES string of the molecule is CCNc1nccc(C(=O)N(C)Cc2ccncc2)c1F. The molecule has 1 amide bonds. The van der Waals surface area contributed by atoms with E-state index in [1.54, 1.807) is 19.4 Å². The number of rotatable bonds is 5. The molecule has 6 heteroatoms. The molecule has 0 saturated heterocycles. The summed E-state index contributed by atoms with van der Waals surface area (Å²) in [6, 6.07) is 5.02. The first-order valence-corrected chi connectivity index (χ1v) is 6.66. The third-order valence-corrected chi connectivity index (χ3v) is 2.98. The van der Waals surface area contributed by atoms with E-state index in [9.17, 15) is 9.18 Å². The first-order valence-electron chi connectivity index (χ1n) is 6.66. The normalized spacial score (nSPS) is 10.2. The van der Waals surface area contributed by atoms with Gasteiger partial charge in [0.1, 0.15) is 0 Å². The number of amides is 1. The Bertz CT molecular complexity index is 618. The summed E-state index contributed by atoms with van der Waals surface area (Å²) < 4.78 is 14.2. The molecule has 0 unspecified atom stereocenters. The topological polar surface area (TPSA) is 58.1 Å². The van der Waals surface area contributed by atoms with Crippen molar-refractivity contribution < 1.29 is 9.18 Å². The second-order valence-corrected chi connectivity index (χ2v) is 4.57. The molecule has 0 aliphatic carbocycles. The molecule has 0 atom stereocenters. The molecule has 0 fully saturated rings. The van der Waals surface area contributed by atoms with Crippen LogP contribution in [-0.2, 0) is 6.54 Å². The van der Waals surface area contributed by atoms with Gasteiger partial charge in [0.25, 0.3) is 5.91 Å². The molecule has 2 aromatic rings. The molecule has 2 rings (SSSR count). The third-order valence-electron chi connectivity index (χ3n) is 2.98. The second kappa shape index (κ2) is 6.78. The van der Waals surface area contributed by atoms with E-state index in [2.05, 4.69) is 15.3 Å². The number of carbonyl (C=O) groups is 1. The van der Waals surface area contributed by atoms with Gasteiger partial charge in [-0.05, 0) is 30.7 Å². The number of pyridine rings is 2. The lowest BCUT2D eigenvalue weighted by molar-refractivity contribution is 0.0780. The fraction of sp³-hybridized carbons (Fsp3) is 0.267. The van der Waals surface area contributed by atoms with E-state index in [1.165, 1.54) is 17.2 Å². The molecule has 0 aromatic carbocycles. The minimum atomic E-state index is -0.620. The van der Waals surface area contributed by atoms with Crippen LogP contribution in [0.1, 0.15) is 22.8 Å². The molecule has 0 aliphatic heterocycles. The number of nitrogens with zero attached hydrogens (tertiary/aromatic N) is 3. The summed E-state index contributed by atoms with van der Waals surface area (Å²) in [7, 11) is 1.63. The molecular weight excluding hydrogens is 271 g/mol. The Labute approximate surface area is 122 Å². The number of aromatic nitrogens is 2. The average Bonchev–Trinajstić information content (AvgIpc) is 2.50. The lowest BCUT2D eigenvalue weighted by atomic mass is 10.2. The summed E-state index contributed by atoms with van der Waals surface area (Å²) in [6.45, 7) is 2.76. The quantitative estimate of drug-likeness (QED) is 0.917. The predicted octanol–water partition coefficient (Wildman–Crippen LogP) is 2.32. The van der Waals surface area contributed by atoms with Gasteiger partial charge in [-0.2, -0.15) is 0 Å². The van der Waals surface area contributed by atoms with Gasteiger partial charge in [-0.3, -0.25) is 9.78 Å². The minimum absolute atomic E-state index is 0.0116. The van der Waals surface area contributed by atoms with Crippen LogP contribution in [0.25, 0.3) is 0 Å². The molecule has 21 heavy (non-hydrogen) atoms. The largest absolute Gasteiger partial charge is 0.368 e. The van der Waals surface area contributed by atoms with E-state index in [0.717, 1.165) is 5.56 Å². The highest BCUT2D eigenvalue weighted by Gasteiger charge is 2.19. The highest BCUT2D eigenvalue weighted by atomic mass is 19.1. The van der Waals surface area contributed by atoms with Gasteiger partial charge in [0, 0.05) is 38.7 Å². The monoisotopic (exact) mass is 288 g/mol. The first-order chi connectivity index (χ1) is 10.1. The van der Waals surface area contributed by atoms with Crippen molar-refractivity contribution in [1.82, 2.24) is 14.9 Å². The molecule has 0 radical (unpaired) electrons. The maximum atomic E-state index is 14.2. The Balaban J connectivity index is 2.18. The van der Waals surface area contributed by atoms with Gasteiger partial charge in [-0.1, -0.05) is 0 Å². The predicted molar refractivity (Wildman–Crippen MR) is 78.4 cm³/mol. The fourth-order valence-electron chi connectivity index (χ4n) is 1.94. The molecule has 0 bridgehead atoms. The van der Waals surface area contributed by atoms with Crippen molar-refractivity contribution in [3.8, 4) is 0 Å². The second-order valence-electron chi connectivity index (χ2n) is 4.57. The zero-order valence-electron chi connectivity index (χ0n) is 12.0.